The van der Waals surface area contributed by atoms with Gasteiger partial charge in [-0.3, -0.25) is 4.68 Å². The Labute approximate surface area is 133 Å². The van der Waals surface area contributed by atoms with Crippen LogP contribution in [0.25, 0.3) is 11.4 Å². The van der Waals surface area contributed by atoms with E-state index in [9.17, 15) is 4.79 Å². The maximum absolute atomic E-state index is 11.1. The van der Waals surface area contributed by atoms with Gasteiger partial charge in [0.05, 0.1) is 17.4 Å². The van der Waals surface area contributed by atoms with Crippen LogP contribution in [0.4, 0.5) is 16.6 Å². The van der Waals surface area contributed by atoms with E-state index in [0.29, 0.717) is 18.1 Å². The monoisotopic (exact) mass is 317 g/mol. The van der Waals surface area contributed by atoms with Gasteiger partial charge in [-0.15, -0.1) is 0 Å². The first-order valence-electron chi connectivity index (χ1n) is 7.29. The molecule has 0 saturated carbocycles. The Balaban J connectivity index is 1.86. The van der Waals surface area contributed by atoms with Crippen LogP contribution < -0.4 is 10.6 Å². The molecular formula is C14H19N7O2. The number of nitrogens with two attached hydrogens (primary N) is 1. The largest absolute Gasteiger partial charge is 0.465 e. The highest BCUT2D eigenvalue weighted by atomic mass is 16.4. The van der Waals surface area contributed by atoms with Crippen molar-refractivity contribution in [2.75, 3.05) is 30.8 Å². The lowest BCUT2D eigenvalue weighted by Crippen LogP contribution is -2.38. The Kier molecular flexibility index (Phi) is 3.77. The highest BCUT2D eigenvalue weighted by Crippen LogP contribution is 2.25. The van der Waals surface area contributed by atoms with E-state index in [2.05, 4.69) is 15.1 Å². The van der Waals surface area contributed by atoms with Gasteiger partial charge in [0.2, 0.25) is 5.95 Å². The molecule has 1 aliphatic rings. The second-order valence-corrected chi connectivity index (χ2v) is 5.59. The van der Waals surface area contributed by atoms with Crippen molar-refractivity contribution in [3.63, 3.8) is 0 Å². The van der Waals surface area contributed by atoms with Gasteiger partial charge in [-0.05, 0) is 12.5 Å². The van der Waals surface area contributed by atoms with Crippen LogP contribution >= 0.6 is 0 Å². The van der Waals surface area contributed by atoms with Crippen LogP contribution in [0.5, 0.6) is 0 Å². The van der Waals surface area contributed by atoms with Gasteiger partial charge in [0.1, 0.15) is 5.82 Å². The van der Waals surface area contributed by atoms with Crippen LogP contribution in [0.2, 0.25) is 0 Å². The van der Waals surface area contributed by atoms with Crippen molar-refractivity contribution < 1.29 is 9.90 Å². The average Bonchev–Trinajstić information content (AvgIpc) is 3.14. The number of hydrogen-bond acceptors (Lipinski definition) is 6. The predicted molar refractivity (Wildman–Crippen MR) is 85.1 cm³/mol. The lowest BCUT2D eigenvalue weighted by atomic mass is 10.2. The van der Waals surface area contributed by atoms with Crippen LogP contribution in [-0.4, -0.2) is 62.0 Å². The first kappa shape index (κ1) is 15.1. The van der Waals surface area contributed by atoms with Gasteiger partial charge in [-0.25, -0.2) is 9.78 Å². The van der Waals surface area contributed by atoms with E-state index in [1.165, 1.54) is 4.90 Å². The third-order valence-electron chi connectivity index (χ3n) is 4.15. The third kappa shape index (κ3) is 2.89. The number of amides is 1. The molecule has 1 fully saturated rings. The van der Waals surface area contributed by atoms with Crippen molar-refractivity contribution in [3.05, 3.63) is 18.3 Å². The van der Waals surface area contributed by atoms with Gasteiger partial charge in [0, 0.05) is 39.4 Å². The Morgan fingerprint density at radius 2 is 2.26 bits per heavy atom. The van der Waals surface area contributed by atoms with Crippen molar-refractivity contribution in [1.82, 2.24) is 24.6 Å². The zero-order valence-electron chi connectivity index (χ0n) is 13.0. The third-order valence-corrected chi connectivity index (χ3v) is 4.15. The summed E-state index contributed by atoms with van der Waals surface area (Å²) in [6, 6.07) is 3.66. The second-order valence-electron chi connectivity index (χ2n) is 5.59. The zero-order chi connectivity index (χ0) is 16.6. The molecule has 9 heteroatoms. The molecule has 0 aromatic carbocycles. The summed E-state index contributed by atoms with van der Waals surface area (Å²) in [5, 5.41) is 13.2. The van der Waals surface area contributed by atoms with Crippen molar-refractivity contribution >= 4 is 17.9 Å². The van der Waals surface area contributed by atoms with Crippen LogP contribution in [0.3, 0.4) is 0 Å². The molecule has 0 spiro atoms. The van der Waals surface area contributed by atoms with E-state index in [-0.39, 0.29) is 12.0 Å². The summed E-state index contributed by atoms with van der Waals surface area (Å²) in [5.41, 5.74) is 7.39. The number of aryl methyl sites for hydroxylation is 1. The fourth-order valence-electron chi connectivity index (χ4n) is 2.79. The number of rotatable bonds is 3. The Morgan fingerprint density at radius 1 is 1.48 bits per heavy atom. The topological polar surface area (TPSA) is 113 Å². The number of carbonyl (C=O) groups is 1. The van der Waals surface area contributed by atoms with Crippen molar-refractivity contribution in [3.8, 4) is 11.4 Å². The van der Waals surface area contributed by atoms with Crippen LogP contribution in [0, 0.1) is 0 Å². The summed E-state index contributed by atoms with van der Waals surface area (Å²) < 4.78 is 1.72. The number of likely N-dealkylation sites (N-methyl/N-ethyl adjacent to an activating group) is 1. The normalized spacial score (nSPS) is 17.5. The number of nitrogens with zero attached hydrogens (tertiary/aromatic N) is 6. The zero-order valence-corrected chi connectivity index (χ0v) is 13.0. The molecule has 1 saturated heterocycles. The van der Waals surface area contributed by atoms with Crippen molar-refractivity contribution in [2.45, 2.75) is 12.5 Å². The lowest BCUT2D eigenvalue weighted by Gasteiger charge is -2.22. The van der Waals surface area contributed by atoms with Gasteiger partial charge in [-0.1, -0.05) is 0 Å². The van der Waals surface area contributed by atoms with Crippen LogP contribution in [-0.2, 0) is 7.05 Å². The van der Waals surface area contributed by atoms with Gasteiger partial charge in [0.25, 0.3) is 0 Å². The molecule has 1 aliphatic heterocycles. The lowest BCUT2D eigenvalue weighted by molar-refractivity contribution is 0.142. The minimum atomic E-state index is -0.922. The molecule has 23 heavy (non-hydrogen) atoms. The first-order chi connectivity index (χ1) is 11.0. The maximum atomic E-state index is 11.1. The maximum Gasteiger partial charge on any atom is 0.407 e. The molecule has 0 radical (unpaired) electrons. The Bertz CT molecular complexity index is 730. The highest BCUT2D eigenvalue weighted by molar-refractivity contribution is 5.66. The van der Waals surface area contributed by atoms with Crippen molar-refractivity contribution in [2.24, 2.45) is 7.05 Å². The fourth-order valence-corrected chi connectivity index (χ4v) is 2.79. The van der Waals surface area contributed by atoms with Crippen molar-refractivity contribution in [1.29, 1.82) is 0 Å². The number of nitrogen functional groups attached to an aromatic ring is 1. The molecule has 3 heterocycles. The molecular weight excluding hydrogens is 298 g/mol. The second kappa shape index (κ2) is 5.75. The molecule has 2 aromatic heterocycles. The SMILES string of the molecule is CN(C(=O)O)[C@@H]1CCN(c2cc(-c3ccnn3C)nc(N)n2)C1. The minimum absolute atomic E-state index is 0.0520. The smallest absolute Gasteiger partial charge is 0.407 e. The molecule has 9 nitrogen and oxygen atoms in total. The molecule has 1 amide bonds. The minimum Gasteiger partial charge on any atom is -0.465 e. The Morgan fingerprint density at radius 3 is 2.91 bits per heavy atom. The van der Waals surface area contributed by atoms with E-state index >= 15 is 0 Å². The summed E-state index contributed by atoms with van der Waals surface area (Å²) in [5.74, 6) is 0.892. The highest BCUT2D eigenvalue weighted by Gasteiger charge is 2.29. The first-order valence-corrected chi connectivity index (χ1v) is 7.29. The van der Waals surface area contributed by atoms with Crippen LogP contribution in [0.1, 0.15) is 6.42 Å². The van der Waals surface area contributed by atoms with E-state index < -0.39 is 6.09 Å². The average molecular weight is 317 g/mol. The van der Waals surface area contributed by atoms with Gasteiger partial charge < -0.3 is 20.6 Å². The molecule has 2 aromatic rings. The molecule has 3 rings (SSSR count). The molecule has 0 bridgehead atoms. The standard InChI is InChI=1S/C14H19N7O2/c1-19(14(22)23)9-4-6-21(8-9)12-7-10(17-13(15)18-12)11-3-5-16-20(11)2/h3,5,7,9H,4,6,8H2,1-2H3,(H,22,23)(H2,15,17,18)/t9-/m1/s1. The summed E-state index contributed by atoms with van der Waals surface area (Å²) in [6.07, 6.45) is 1.53. The quantitative estimate of drug-likeness (QED) is 0.854. The number of anilines is 2. The van der Waals surface area contributed by atoms with E-state index in [1.54, 1.807) is 17.9 Å². The van der Waals surface area contributed by atoms with Crippen LogP contribution in [0.15, 0.2) is 18.3 Å². The van der Waals surface area contributed by atoms with Gasteiger partial charge in [-0.2, -0.15) is 10.1 Å². The number of carboxylic acid groups (broad SMARTS) is 1. The summed E-state index contributed by atoms with van der Waals surface area (Å²) in [4.78, 5) is 23.0. The molecule has 0 aliphatic carbocycles. The molecule has 122 valence electrons. The van der Waals surface area contributed by atoms with Gasteiger partial charge in [0.15, 0.2) is 0 Å². The Hall–Kier alpha value is -2.84. The summed E-state index contributed by atoms with van der Waals surface area (Å²) in [6.45, 7) is 1.31. The van der Waals surface area contributed by atoms with E-state index in [0.717, 1.165) is 18.7 Å². The molecule has 3 N–H and O–H groups in total. The molecule has 0 unspecified atom stereocenters. The predicted octanol–water partition coefficient (Wildman–Crippen LogP) is 0.648. The van der Waals surface area contributed by atoms with E-state index in [4.69, 9.17) is 10.8 Å². The number of aromatic nitrogens is 4. The fraction of sp³-hybridized carbons (Fsp3) is 0.429. The van der Waals surface area contributed by atoms with E-state index in [1.807, 2.05) is 24.1 Å². The summed E-state index contributed by atoms with van der Waals surface area (Å²) >= 11 is 0. The van der Waals surface area contributed by atoms with Gasteiger partial charge >= 0.3 is 6.09 Å². The number of hydrogen-bond donors (Lipinski definition) is 2. The summed E-state index contributed by atoms with van der Waals surface area (Å²) in [7, 11) is 3.42. The molecule has 1 atom stereocenters.